The first-order valence-corrected chi connectivity index (χ1v) is 9.94. The van der Waals surface area contributed by atoms with Crippen molar-refractivity contribution in [1.82, 2.24) is 0 Å². The Labute approximate surface area is 177 Å². The van der Waals surface area contributed by atoms with E-state index >= 15 is 0 Å². The van der Waals surface area contributed by atoms with Crippen LogP contribution in [-0.4, -0.2) is 11.9 Å². The average molecular weight is 448 g/mol. The monoisotopic (exact) mass is 447 g/mol. The summed E-state index contributed by atoms with van der Waals surface area (Å²) in [6.07, 6.45) is 1.71. The zero-order chi connectivity index (χ0) is 20.2. The van der Waals surface area contributed by atoms with E-state index in [0.717, 1.165) is 32.5 Å². The molecule has 0 saturated heterocycles. The van der Waals surface area contributed by atoms with E-state index in [0.29, 0.717) is 12.5 Å². The molecule has 1 heterocycles. The number of ether oxygens (including phenoxy) is 2. The first kappa shape index (κ1) is 19.2. The highest BCUT2D eigenvalue weighted by molar-refractivity contribution is 9.10. The molecule has 0 saturated carbocycles. The third-order valence-corrected chi connectivity index (χ3v) is 5.23. The van der Waals surface area contributed by atoms with Gasteiger partial charge in [0.15, 0.2) is 5.70 Å². The normalized spacial score (nSPS) is 14.6. The molecule has 0 aliphatic carbocycles. The van der Waals surface area contributed by atoms with Gasteiger partial charge in [-0.3, -0.25) is 0 Å². The average Bonchev–Trinajstić information content (AvgIpc) is 3.09. The van der Waals surface area contributed by atoms with Gasteiger partial charge < -0.3 is 9.47 Å². The van der Waals surface area contributed by atoms with Crippen molar-refractivity contribution in [3.63, 3.8) is 0 Å². The highest BCUT2D eigenvalue weighted by Gasteiger charge is 2.23. The standard InChI is InChI=1S/C24H18BrNO3/c1-16-6-10-18(11-7-16)23-26-22(24(27)29-23)14-17-8-12-20(13-9-17)28-15-19-4-2-3-5-21(19)25/h2-14H,15H2,1H3/b22-14-. The predicted octanol–water partition coefficient (Wildman–Crippen LogP) is 5.68. The molecule has 144 valence electrons. The van der Waals surface area contributed by atoms with Gasteiger partial charge in [-0.2, -0.15) is 0 Å². The van der Waals surface area contributed by atoms with E-state index in [9.17, 15) is 4.79 Å². The molecule has 0 aromatic heterocycles. The van der Waals surface area contributed by atoms with Gasteiger partial charge in [0.1, 0.15) is 12.4 Å². The van der Waals surface area contributed by atoms with Gasteiger partial charge in [0, 0.05) is 15.6 Å². The molecule has 0 bridgehead atoms. The van der Waals surface area contributed by atoms with Crippen molar-refractivity contribution < 1.29 is 14.3 Å². The highest BCUT2D eigenvalue weighted by Crippen LogP contribution is 2.22. The Bertz CT molecular complexity index is 1100. The van der Waals surface area contributed by atoms with Gasteiger partial charge in [-0.15, -0.1) is 0 Å². The van der Waals surface area contributed by atoms with Crippen LogP contribution in [0.2, 0.25) is 0 Å². The van der Waals surface area contributed by atoms with E-state index in [4.69, 9.17) is 9.47 Å². The lowest BCUT2D eigenvalue weighted by atomic mass is 10.1. The summed E-state index contributed by atoms with van der Waals surface area (Å²) in [5.74, 6) is 0.630. The fourth-order valence-corrected chi connectivity index (χ4v) is 3.22. The molecule has 5 heteroatoms. The number of benzene rings is 3. The van der Waals surface area contributed by atoms with Crippen LogP contribution < -0.4 is 4.74 Å². The van der Waals surface area contributed by atoms with Gasteiger partial charge in [0.05, 0.1) is 0 Å². The van der Waals surface area contributed by atoms with Crippen molar-refractivity contribution >= 4 is 33.9 Å². The van der Waals surface area contributed by atoms with Gasteiger partial charge in [0.25, 0.3) is 0 Å². The number of aliphatic imine (C=N–C) groups is 1. The van der Waals surface area contributed by atoms with Crippen LogP contribution in [0.1, 0.15) is 22.3 Å². The smallest absolute Gasteiger partial charge is 0.363 e. The van der Waals surface area contributed by atoms with Crippen LogP contribution in [0.5, 0.6) is 5.75 Å². The Hall–Kier alpha value is -3.18. The number of carbonyl (C=O) groups is 1. The number of hydrogen-bond acceptors (Lipinski definition) is 4. The Morgan fingerprint density at radius 3 is 2.45 bits per heavy atom. The number of nitrogens with zero attached hydrogens (tertiary/aromatic N) is 1. The van der Waals surface area contributed by atoms with Gasteiger partial charge >= 0.3 is 5.97 Å². The van der Waals surface area contributed by atoms with Crippen molar-refractivity contribution in [3.05, 3.63) is 105 Å². The van der Waals surface area contributed by atoms with Crippen LogP contribution in [0.25, 0.3) is 6.08 Å². The largest absolute Gasteiger partial charge is 0.489 e. The molecule has 0 amide bonds. The van der Waals surface area contributed by atoms with Gasteiger partial charge in [-0.25, -0.2) is 9.79 Å². The Kier molecular flexibility index (Phi) is 5.58. The third-order valence-electron chi connectivity index (χ3n) is 4.45. The third kappa shape index (κ3) is 4.63. The summed E-state index contributed by atoms with van der Waals surface area (Å²) in [5.41, 5.74) is 4.12. The highest BCUT2D eigenvalue weighted by atomic mass is 79.9. The molecule has 1 aliphatic heterocycles. The van der Waals surface area contributed by atoms with Crippen molar-refractivity contribution in [3.8, 4) is 5.75 Å². The van der Waals surface area contributed by atoms with Crippen molar-refractivity contribution in [1.29, 1.82) is 0 Å². The number of halogens is 1. The van der Waals surface area contributed by atoms with Crippen LogP contribution in [0.4, 0.5) is 0 Å². The SMILES string of the molecule is Cc1ccc(C2=N/C(=C\c3ccc(OCc4ccccc4Br)cc3)C(=O)O2)cc1. The number of aryl methyl sites for hydroxylation is 1. The molecule has 0 spiro atoms. The predicted molar refractivity (Wildman–Crippen MR) is 117 cm³/mol. The van der Waals surface area contributed by atoms with E-state index in [1.54, 1.807) is 6.08 Å². The maximum Gasteiger partial charge on any atom is 0.363 e. The van der Waals surface area contributed by atoms with Crippen molar-refractivity contribution in [2.75, 3.05) is 0 Å². The van der Waals surface area contributed by atoms with Crippen LogP contribution in [-0.2, 0) is 16.1 Å². The van der Waals surface area contributed by atoms with Gasteiger partial charge in [0.2, 0.25) is 5.90 Å². The molecule has 0 N–H and O–H groups in total. The zero-order valence-electron chi connectivity index (χ0n) is 15.8. The Morgan fingerprint density at radius 2 is 1.72 bits per heavy atom. The van der Waals surface area contributed by atoms with Crippen LogP contribution in [0, 0.1) is 6.92 Å². The molecule has 0 atom stereocenters. The maximum absolute atomic E-state index is 12.2. The lowest BCUT2D eigenvalue weighted by Crippen LogP contribution is -2.05. The van der Waals surface area contributed by atoms with E-state index < -0.39 is 5.97 Å². The molecule has 0 fully saturated rings. The molecule has 3 aromatic carbocycles. The minimum absolute atomic E-state index is 0.280. The summed E-state index contributed by atoms with van der Waals surface area (Å²) < 4.78 is 12.2. The first-order chi connectivity index (χ1) is 14.1. The number of hydrogen-bond donors (Lipinski definition) is 0. The van der Waals surface area contributed by atoms with Crippen LogP contribution in [0.3, 0.4) is 0 Å². The molecule has 0 unspecified atom stereocenters. The fraction of sp³-hybridized carbons (Fsp3) is 0.0833. The minimum Gasteiger partial charge on any atom is -0.489 e. The van der Waals surface area contributed by atoms with E-state index in [1.807, 2.05) is 79.7 Å². The topological polar surface area (TPSA) is 47.9 Å². The molecule has 1 aliphatic rings. The van der Waals surface area contributed by atoms with Crippen molar-refractivity contribution in [2.45, 2.75) is 13.5 Å². The summed E-state index contributed by atoms with van der Waals surface area (Å²) in [4.78, 5) is 16.5. The van der Waals surface area contributed by atoms with E-state index in [2.05, 4.69) is 20.9 Å². The molecular weight excluding hydrogens is 430 g/mol. The molecule has 3 aromatic rings. The second-order valence-electron chi connectivity index (χ2n) is 6.65. The minimum atomic E-state index is -0.449. The first-order valence-electron chi connectivity index (χ1n) is 9.14. The lowest BCUT2D eigenvalue weighted by molar-refractivity contribution is -0.129. The van der Waals surface area contributed by atoms with E-state index in [1.165, 1.54) is 0 Å². The summed E-state index contributed by atoms with van der Waals surface area (Å²) in [7, 11) is 0. The summed E-state index contributed by atoms with van der Waals surface area (Å²) >= 11 is 3.52. The molecule has 4 rings (SSSR count). The molecule has 0 radical (unpaired) electrons. The number of esters is 1. The molecule has 4 nitrogen and oxygen atoms in total. The van der Waals surface area contributed by atoms with Gasteiger partial charge in [-0.05, 0) is 48.9 Å². The number of rotatable bonds is 5. The van der Waals surface area contributed by atoms with Crippen molar-refractivity contribution in [2.24, 2.45) is 4.99 Å². The van der Waals surface area contributed by atoms with E-state index in [-0.39, 0.29) is 5.70 Å². The zero-order valence-corrected chi connectivity index (χ0v) is 17.3. The quantitative estimate of drug-likeness (QED) is 0.373. The summed E-state index contributed by atoms with van der Waals surface area (Å²) in [5, 5.41) is 0. The van der Waals surface area contributed by atoms with Crippen LogP contribution in [0.15, 0.2) is 88.0 Å². The second kappa shape index (κ2) is 8.45. The summed E-state index contributed by atoms with van der Waals surface area (Å²) in [6.45, 7) is 2.47. The van der Waals surface area contributed by atoms with Crippen LogP contribution >= 0.6 is 15.9 Å². The van der Waals surface area contributed by atoms with Gasteiger partial charge in [-0.1, -0.05) is 64.0 Å². The maximum atomic E-state index is 12.2. The number of cyclic esters (lactones) is 1. The Morgan fingerprint density at radius 1 is 1.00 bits per heavy atom. The molecular formula is C24H18BrNO3. The molecule has 29 heavy (non-hydrogen) atoms. The fourth-order valence-electron chi connectivity index (χ4n) is 2.82. The lowest BCUT2D eigenvalue weighted by Gasteiger charge is -2.08. The second-order valence-corrected chi connectivity index (χ2v) is 7.51. The Balaban J connectivity index is 1.46. The number of carbonyl (C=O) groups excluding carboxylic acids is 1. The summed E-state index contributed by atoms with van der Waals surface area (Å²) in [6, 6.07) is 23.1.